The number of thiazole rings is 1. The molecule has 3 rings (SSSR count). The number of rotatable bonds is 3. The van der Waals surface area contributed by atoms with Crippen molar-refractivity contribution >= 4 is 34.5 Å². The molecule has 0 unspecified atom stereocenters. The molecule has 6 heteroatoms. The van der Waals surface area contributed by atoms with Gasteiger partial charge in [0.2, 0.25) is 5.91 Å². The summed E-state index contributed by atoms with van der Waals surface area (Å²) in [6, 6.07) is 7.87. The van der Waals surface area contributed by atoms with Gasteiger partial charge in [-0.3, -0.25) is 4.79 Å². The standard InChI is InChI=1S/C17H20ClN3OS/c1-12-16(23-13(2)19-12)11-17(22)21-9-7-20(8-10-21)15-6-4-3-5-14(15)18/h3-6H,7-11H2,1-2H3. The highest BCUT2D eigenvalue weighted by Crippen LogP contribution is 2.26. The maximum Gasteiger partial charge on any atom is 0.228 e. The van der Waals surface area contributed by atoms with Gasteiger partial charge in [-0.25, -0.2) is 4.98 Å². The number of amides is 1. The number of carbonyl (C=O) groups excluding carboxylic acids is 1. The number of carbonyl (C=O) groups is 1. The lowest BCUT2D eigenvalue weighted by Crippen LogP contribution is -2.49. The van der Waals surface area contributed by atoms with Crippen molar-refractivity contribution in [2.75, 3.05) is 31.1 Å². The third-order valence-corrected chi connectivity index (χ3v) is 5.53. The first-order valence-corrected chi connectivity index (χ1v) is 8.94. The minimum Gasteiger partial charge on any atom is -0.367 e. The van der Waals surface area contributed by atoms with E-state index < -0.39 is 0 Å². The maximum absolute atomic E-state index is 12.5. The summed E-state index contributed by atoms with van der Waals surface area (Å²) in [7, 11) is 0. The van der Waals surface area contributed by atoms with Gasteiger partial charge in [-0.1, -0.05) is 23.7 Å². The van der Waals surface area contributed by atoms with Crippen LogP contribution >= 0.6 is 22.9 Å². The Morgan fingerprint density at radius 1 is 1.22 bits per heavy atom. The van der Waals surface area contributed by atoms with Crippen LogP contribution in [0.5, 0.6) is 0 Å². The van der Waals surface area contributed by atoms with Gasteiger partial charge in [-0.05, 0) is 26.0 Å². The minimum atomic E-state index is 0.190. The average Bonchev–Trinajstić information content (AvgIpc) is 2.85. The molecule has 0 bridgehead atoms. The van der Waals surface area contributed by atoms with Crippen LogP contribution in [0.1, 0.15) is 15.6 Å². The molecule has 23 heavy (non-hydrogen) atoms. The van der Waals surface area contributed by atoms with Crippen molar-refractivity contribution in [3.63, 3.8) is 0 Å². The average molecular weight is 350 g/mol. The molecule has 1 aromatic heterocycles. The number of aromatic nitrogens is 1. The van der Waals surface area contributed by atoms with Gasteiger partial charge in [0.15, 0.2) is 0 Å². The van der Waals surface area contributed by atoms with Crippen LogP contribution in [0.4, 0.5) is 5.69 Å². The van der Waals surface area contributed by atoms with E-state index in [4.69, 9.17) is 11.6 Å². The van der Waals surface area contributed by atoms with Crippen LogP contribution in [0.25, 0.3) is 0 Å². The van der Waals surface area contributed by atoms with E-state index in [-0.39, 0.29) is 5.91 Å². The molecule has 0 aliphatic carbocycles. The van der Waals surface area contributed by atoms with Crippen LogP contribution in [0.2, 0.25) is 5.02 Å². The first kappa shape index (κ1) is 16.3. The Kier molecular flexibility index (Phi) is 4.87. The van der Waals surface area contributed by atoms with Crippen molar-refractivity contribution in [3.8, 4) is 0 Å². The van der Waals surface area contributed by atoms with Crippen LogP contribution < -0.4 is 4.90 Å². The zero-order chi connectivity index (χ0) is 16.4. The van der Waals surface area contributed by atoms with Gasteiger partial charge in [0.25, 0.3) is 0 Å². The monoisotopic (exact) mass is 349 g/mol. The largest absolute Gasteiger partial charge is 0.367 e. The fraction of sp³-hybridized carbons (Fsp3) is 0.412. The predicted molar refractivity (Wildman–Crippen MR) is 95.5 cm³/mol. The van der Waals surface area contributed by atoms with Crippen molar-refractivity contribution in [2.24, 2.45) is 0 Å². The van der Waals surface area contributed by atoms with E-state index in [1.165, 1.54) is 0 Å². The van der Waals surface area contributed by atoms with E-state index in [2.05, 4.69) is 9.88 Å². The number of benzene rings is 1. The van der Waals surface area contributed by atoms with Crippen LogP contribution in [0.15, 0.2) is 24.3 Å². The Hall–Kier alpha value is -1.59. The van der Waals surface area contributed by atoms with Crippen LogP contribution in [-0.4, -0.2) is 42.0 Å². The lowest BCUT2D eigenvalue weighted by atomic mass is 10.2. The summed E-state index contributed by atoms with van der Waals surface area (Å²) in [5, 5.41) is 1.79. The summed E-state index contributed by atoms with van der Waals surface area (Å²) in [5.74, 6) is 0.190. The number of hydrogen-bond donors (Lipinski definition) is 0. The normalized spacial score (nSPS) is 15.1. The predicted octanol–water partition coefficient (Wildman–Crippen LogP) is 3.30. The van der Waals surface area contributed by atoms with Gasteiger partial charge >= 0.3 is 0 Å². The number of aryl methyl sites for hydroxylation is 2. The summed E-state index contributed by atoms with van der Waals surface area (Å²) in [4.78, 5) is 22.2. The zero-order valence-electron chi connectivity index (χ0n) is 13.4. The van der Waals surface area contributed by atoms with Crippen molar-refractivity contribution < 1.29 is 4.79 Å². The number of para-hydroxylation sites is 1. The van der Waals surface area contributed by atoms with E-state index in [0.29, 0.717) is 6.42 Å². The van der Waals surface area contributed by atoms with Gasteiger partial charge in [0.1, 0.15) is 0 Å². The second kappa shape index (κ2) is 6.89. The zero-order valence-corrected chi connectivity index (χ0v) is 15.0. The van der Waals surface area contributed by atoms with Gasteiger partial charge in [0.05, 0.1) is 27.8 Å². The number of piperazine rings is 1. The summed E-state index contributed by atoms with van der Waals surface area (Å²) in [5.41, 5.74) is 2.03. The lowest BCUT2D eigenvalue weighted by Gasteiger charge is -2.36. The fourth-order valence-corrected chi connectivity index (χ4v) is 4.08. The minimum absolute atomic E-state index is 0.190. The SMILES string of the molecule is Cc1nc(C)c(CC(=O)N2CCN(c3ccccc3Cl)CC2)s1. The highest BCUT2D eigenvalue weighted by atomic mass is 35.5. The lowest BCUT2D eigenvalue weighted by molar-refractivity contribution is -0.130. The molecule has 0 spiro atoms. The fourth-order valence-electron chi connectivity index (χ4n) is 2.89. The smallest absolute Gasteiger partial charge is 0.228 e. The Labute approximate surface area is 145 Å². The molecule has 1 aromatic carbocycles. The van der Waals surface area contributed by atoms with Gasteiger partial charge in [-0.2, -0.15) is 0 Å². The highest BCUT2D eigenvalue weighted by molar-refractivity contribution is 7.11. The number of nitrogens with zero attached hydrogens (tertiary/aromatic N) is 3. The Morgan fingerprint density at radius 3 is 2.52 bits per heavy atom. The molecule has 1 amide bonds. The highest BCUT2D eigenvalue weighted by Gasteiger charge is 2.23. The maximum atomic E-state index is 12.5. The third kappa shape index (κ3) is 3.67. The van der Waals surface area contributed by atoms with E-state index in [1.54, 1.807) is 11.3 Å². The van der Waals surface area contributed by atoms with Crippen LogP contribution in [0.3, 0.4) is 0 Å². The Balaban J connectivity index is 1.59. The van der Waals surface area contributed by atoms with E-state index >= 15 is 0 Å². The van der Waals surface area contributed by atoms with Crippen molar-refractivity contribution in [1.29, 1.82) is 0 Å². The number of anilines is 1. The van der Waals surface area contributed by atoms with Crippen molar-refractivity contribution in [2.45, 2.75) is 20.3 Å². The first-order valence-electron chi connectivity index (χ1n) is 7.75. The molecule has 0 saturated carbocycles. The second-order valence-electron chi connectivity index (χ2n) is 5.74. The van der Waals surface area contributed by atoms with Crippen molar-refractivity contribution in [1.82, 2.24) is 9.88 Å². The van der Waals surface area contributed by atoms with E-state index in [1.807, 2.05) is 43.0 Å². The third-order valence-electron chi connectivity index (χ3n) is 4.14. The molecule has 0 radical (unpaired) electrons. The summed E-state index contributed by atoms with van der Waals surface area (Å²) in [6.07, 6.45) is 0.462. The van der Waals surface area contributed by atoms with E-state index in [9.17, 15) is 4.79 Å². The molecule has 1 fully saturated rings. The Bertz CT molecular complexity index is 708. The quantitative estimate of drug-likeness (QED) is 0.853. The number of halogens is 1. The summed E-state index contributed by atoms with van der Waals surface area (Å²) < 4.78 is 0. The molecule has 2 aromatic rings. The first-order chi connectivity index (χ1) is 11.0. The van der Waals surface area contributed by atoms with Gasteiger partial charge in [0, 0.05) is 31.1 Å². The van der Waals surface area contributed by atoms with Crippen LogP contribution in [0, 0.1) is 13.8 Å². The van der Waals surface area contributed by atoms with E-state index in [0.717, 1.165) is 52.5 Å². The topological polar surface area (TPSA) is 36.4 Å². The molecule has 4 nitrogen and oxygen atoms in total. The van der Waals surface area contributed by atoms with Gasteiger partial charge < -0.3 is 9.80 Å². The number of hydrogen-bond acceptors (Lipinski definition) is 4. The molecule has 1 saturated heterocycles. The molecule has 2 heterocycles. The van der Waals surface area contributed by atoms with Crippen molar-refractivity contribution in [3.05, 3.63) is 44.9 Å². The molecule has 0 N–H and O–H groups in total. The summed E-state index contributed by atoms with van der Waals surface area (Å²) >= 11 is 7.88. The molecule has 1 aliphatic rings. The second-order valence-corrected chi connectivity index (χ2v) is 7.43. The molecule has 122 valence electrons. The summed E-state index contributed by atoms with van der Waals surface area (Å²) in [6.45, 7) is 7.06. The molecule has 0 atom stereocenters. The Morgan fingerprint density at radius 2 is 1.91 bits per heavy atom. The van der Waals surface area contributed by atoms with Crippen LogP contribution in [-0.2, 0) is 11.2 Å². The molecular formula is C17H20ClN3OS. The molecule has 1 aliphatic heterocycles. The van der Waals surface area contributed by atoms with Gasteiger partial charge in [-0.15, -0.1) is 11.3 Å². The molecular weight excluding hydrogens is 330 g/mol.